The minimum absolute atomic E-state index is 0.0747. The van der Waals surface area contributed by atoms with Gasteiger partial charge < -0.3 is 9.88 Å². The van der Waals surface area contributed by atoms with Gasteiger partial charge in [0.25, 0.3) is 5.56 Å². The van der Waals surface area contributed by atoms with Crippen molar-refractivity contribution in [1.29, 1.82) is 5.26 Å². The van der Waals surface area contributed by atoms with Crippen LogP contribution < -0.4 is 10.5 Å². The maximum Gasteiger partial charge on any atom is 0.257 e. The van der Waals surface area contributed by atoms with Crippen LogP contribution in [0, 0.1) is 11.3 Å². The molecule has 1 N–H and O–H groups in total. The summed E-state index contributed by atoms with van der Waals surface area (Å²) in [5, 5.41) is 9.64. The molecule has 1 unspecified atom stereocenters. The van der Waals surface area contributed by atoms with Crippen molar-refractivity contribution in [2.24, 2.45) is 0 Å². The van der Waals surface area contributed by atoms with Gasteiger partial charge in [-0.2, -0.15) is 5.26 Å². The summed E-state index contributed by atoms with van der Waals surface area (Å²) in [6.07, 6.45) is 6.08. The summed E-state index contributed by atoms with van der Waals surface area (Å²) in [6.45, 7) is 5.20. The predicted octanol–water partition coefficient (Wildman–Crippen LogP) is 3.55. The van der Waals surface area contributed by atoms with Crippen LogP contribution in [0.2, 0.25) is 0 Å². The molecule has 3 aromatic rings. The number of hydrogen-bond acceptors (Lipinski definition) is 5. The minimum Gasteiger partial charge on any atom is -0.369 e. The molecule has 1 saturated heterocycles. The Hall–Kier alpha value is -3.43. The number of nitrogens with zero attached hydrogens (tertiary/aromatic N) is 4. The number of hydrogen-bond donors (Lipinski definition) is 1. The molecule has 156 valence electrons. The summed E-state index contributed by atoms with van der Waals surface area (Å²) in [5.41, 5.74) is 4.64. The number of nitriles is 1. The number of fused-ring (bicyclic) bond motifs is 1. The number of pyridine rings is 2. The zero-order valence-electron chi connectivity index (χ0n) is 17.6. The van der Waals surface area contributed by atoms with E-state index < -0.39 is 0 Å². The van der Waals surface area contributed by atoms with Crippen molar-refractivity contribution >= 4 is 22.2 Å². The molecule has 6 nitrogen and oxygen atoms in total. The van der Waals surface area contributed by atoms with Crippen molar-refractivity contribution < 1.29 is 0 Å². The van der Waals surface area contributed by atoms with Gasteiger partial charge >= 0.3 is 0 Å². The SMILES string of the molecule is CC1CN(c2ccc(C#N)cc2)CCN1[C@@H]1C=C(c2cc3ncccc3c(=O)[nH]2)CC1. The molecular formula is C25H25N5O. The molecule has 1 aliphatic heterocycles. The summed E-state index contributed by atoms with van der Waals surface area (Å²) in [5.74, 6) is 0. The summed E-state index contributed by atoms with van der Waals surface area (Å²) >= 11 is 0. The monoisotopic (exact) mass is 411 g/mol. The van der Waals surface area contributed by atoms with Crippen LogP contribution in [-0.2, 0) is 0 Å². The first-order valence-electron chi connectivity index (χ1n) is 10.8. The number of rotatable bonds is 3. The normalized spacial score (nSPS) is 21.8. The highest BCUT2D eigenvalue weighted by molar-refractivity contribution is 5.81. The Balaban J connectivity index is 1.32. The number of H-pyrrole nitrogens is 1. The lowest BCUT2D eigenvalue weighted by Crippen LogP contribution is -2.54. The van der Waals surface area contributed by atoms with Gasteiger partial charge in [-0.1, -0.05) is 6.08 Å². The van der Waals surface area contributed by atoms with Crippen molar-refractivity contribution in [2.45, 2.75) is 31.8 Å². The number of piperazine rings is 1. The van der Waals surface area contributed by atoms with Crippen molar-refractivity contribution in [2.75, 3.05) is 24.5 Å². The van der Waals surface area contributed by atoms with Gasteiger partial charge in [0.05, 0.1) is 22.5 Å². The lowest BCUT2D eigenvalue weighted by atomic mass is 10.1. The Labute approximate surface area is 181 Å². The van der Waals surface area contributed by atoms with Crippen LogP contribution in [0.15, 0.2) is 59.5 Å². The molecule has 31 heavy (non-hydrogen) atoms. The molecule has 0 amide bonds. The minimum atomic E-state index is -0.0747. The third kappa shape index (κ3) is 3.73. The number of aromatic nitrogens is 2. The largest absolute Gasteiger partial charge is 0.369 e. The van der Waals surface area contributed by atoms with Gasteiger partial charge in [-0.3, -0.25) is 14.7 Å². The molecule has 3 heterocycles. The highest BCUT2D eigenvalue weighted by atomic mass is 16.1. The van der Waals surface area contributed by atoms with Crippen molar-refractivity contribution in [3.8, 4) is 6.07 Å². The lowest BCUT2D eigenvalue weighted by molar-refractivity contribution is 0.153. The second-order valence-electron chi connectivity index (χ2n) is 8.44. The maximum absolute atomic E-state index is 12.4. The number of nitrogens with one attached hydrogen (secondary N) is 1. The van der Waals surface area contributed by atoms with E-state index in [1.54, 1.807) is 12.3 Å². The first-order chi connectivity index (χ1) is 15.1. The second-order valence-corrected chi connectivity index (χ2v) is 8.44. The van der Waals surface area contributed by atoms with E-state index in [9.17, 15) is 4.79 Å². The first-order valence-corrected chi connectivity index (χ1v) is 10.8. The quantitative estimate of drug-likeness (QED) is 0.713. The van der Waals surface area contributed by atoms with Crippen molar-refractivity contribution in [1.82, 2.24) is 14.9 Å². The van der Waals surface area contributed by atoms with Crippen LogP contribution in [-0.4, -0.2) is 46.6 Å². The van der Waals surface area contributed by atoms with Crippen LogP contribution in [0.25, 0.3) is 16.5 Å². The Bertz CT molecular complexity index is 1240. The van der Waals surface area contributed by atoms with Crippen molar-refractivity contribution in [3.05, 3.63) is 76.3 Å². The van der Waals surface area contributed by atoms with E-state index in [0.29, 0.717) is 23.0 Å². The number of benzene rings is 1. The highest BCUT2D eigenvalue weighted by Gasteiger charge is 2.31. The van der Waals surface area contributed by atoms with E-state index in [1.807, 2.05) is 36.4 Å². The van der Waals surface area contributed by atoms with Crippen LogP contribution in [0.4, 0.5) is 5.69 Å². The molecule has 6 heteroatoms. The molecule has 0 saturated carbocycles. The highest BCUT2D eigenvalue weighted by Crippen LogP contribution is 2.32. The fourth-order valence-electron chi connectivity index (χ4n) is 4.89. The molecule has 1 aromatic carbocycles. The average Bonchev–Trinajstić information content (AvgIpc) is 3.29. The molecule has 0 bridgehead atoms. The lowest BCUT2D eigenvalue weighted by Gasteiger charge is -2.43. The van der Waals surface area contributed by atoms with Gasteiger partial charge in [0, 0.05) is 49.3 Å². The first kappa shape index (κ1) is 19.5. The van der Waals surface area contributed by atoms with Gasteiger partial charge in [-0.15, -0.1) is 0 Å². The average molecular weight is 412 g/mol. The third-order valence-corrected chi connectivity index (χ3v) is 6.53. The van der Waals surface area contributed by atoms with Gasteiger partial charge in [-0.05, 0) is 67.8 Å². The zero-order chi connectivity index (χ0) is 21.4. The Morgan fingerprint density at radius 2 is 2.03 bits per heavy atom. The fraction of sp³-hybridized carbons (Fsp3) is 0.320. The topological polar surface area (TPSA) is 76.0 Å². The van der Waals surface area contributed by atoms with Crippen LogP contribution in [0.3, 0.4) is 0 Å². The smallest absolute Gasteiger partial charge is 0.257 e. The van der Waals surface area contributed by atoms with E-state index in [0.717, 1.165) is 43.7 Å². The molecule has 1 fully saturated rings. The summed E-state index contributed by atoms with van der Waals surface area (Å²) < 4.78 is 0. The van der Waals surface area contributed by atoms with E-state index >= 15 is 0 Å². The van der Waals surface area contributed by atoms with Crippen molar-refractivity contribution in [3.63, 3.8) is 0 Å². The van der Waals surface area contributed by atoms with E-state index in [1.165, 1.54) is 11.3 Å². The number of aromatic amines is 1. The maximum atomic E-state index is 12.4. The Morgan fingerprint density at radius 3 is 2.81 bits per heavy atom. The third-order valence-electron chi connectivity index (χ3n) is 6.53. The van der Waals surface area contributed by atoms with E-state index in [4.69, 9.17) is 5.26 Å². The second kappa shape index (κ2) is 8.01. The summed E-state index contributed by atoms with van der Waals surface area (Å²) in [7, 11) is 0. The summed E-state index contributed by atoms with van der Waals surface area (Å²) in [6, 6.07) is 16.4. The van der Waals surface area contributed by atoms with E-state index in [-0.39, 0.29) is 5.56 Å². The Kier molecular flexibility index (Phi) is 5.05. The molecule has 0 spiro atoms. The van der Waals surface area contributed by atoms with Gasteiger partial charge in [0.2, 0.25) is 0 Å². The van der Waals surface area contributed by atoms with Crippen LogP contribution in [0.1, 0.15) is 31.0 Å². The molecule has 2 aromatic heterocycles. The molecule has 2 atom stereocenters. The molecule has 1 aliphatic carbocycles. The fourth-order valence-corrected chi connectivity index (χ4v) is 4.89. The summed E-state index contributed by atoms with van der Waals surface area (Å²) in [4.78, 5) is 24.8. The molecule has 5 rings (SSSR count). The predicted molar refractivity (Wildman–Crippen MR) is 123 cm³/mol. The standard InChI is InChI=1S/C25H25N5O/c1-17-16-29(20-7-4-18(15-26)5-8-20)11-12-30(17)21-9-6-19(13-21)23-14-24-22(25(31)28-23)3-2-10-27-24/h2-5,7-8,10,13-14,17,21H,6,9,11-12,16H2,1H3,(H,28,31)/t17?,21-/m0/s1. The molecule has 2 aliphatic rings. The van der Waals surface area contributed by atoms with Gasteiger partial charge in [0.15, 0.2) is 0 Å². The number of allylic oxidation sites excluding steroid dienone is 1. The van der Waals surface area contributed by atoms with Crippen LogP contribution >= 0.6 is 0 Å². The van der Waals surface area contributed by atoms with E-state index in [2.05, 4.69) is 38.8 Å². The zero-order valence-corrected chi connectivity index (χ0v) is 17.6. The molecular weight excluding hydrogens is 386 g/mol. The molecule has 0 radical (unpaired) electrons. The number of anilines is 1. The van der Waals surface area contributed by atoms with Gasteiger partial charge in [0.1, 0.15) is 0 Å². The van der Waals surface area contributed by atoms with Crippen LogP contribution in [0.5, 0.6) is 0 Å². The van der Waals surface area contributed by atoms with Gasteiger partial charge in [-0.25, -0.2) is 0 Å². The Morgan fingerprint density at radius 1 is 1.19 bits per heavy atom.